The van der Waals surface area contributed by atoms with Crippen LogP contribution in [-0.4, -0.2) is 15.1 Å². The van der Waals surface area contributed by atoms with Gasteiger partial charge < -0.3 is 0 Å². The average molecular weight is 680 g/mol. The van der Waals surface area contributed by atoms with Gasteiger partial charge in [0.2, 0.25) is 0 Å². The molecule has 0 bridgehead atoms. The van der Waals surface area contributed by atoms with Crippen molar-refractivity contribution in [2.75, 3.05) is 10.1 Å². The van der Waals surface area contributed by atoms with Gasteiger partial charge in [-0.05, 0) is 104 Å². The smallest absolute Gasteiger partial charge is 0.137 e. The molecule has 3 heterocycles. The van der Waals surface area contributed by atoms with Gasteiger partial charge in [-0.2, -0.15) is 5.06 Å². The number of aryl methyl sites for hydroxylation is 1. The molecule has 0 fully saturated rings. The van der Waals surface area contributed by atoms with Crippen LogP contribution in [0.1, 0.15) is 52.7 Å². The summed E-state index contributed by atoms with van der Waals surface area (Å²) in [6, 6.07) is 56.4. The highest BCUT2D eigenvalue weighted by Gasteiger charge is 2.41. The Labute approximate surface area is 309 Å². The third-order valence-electron chi connectivity index (χ3n) is 10.1. The number of nitrogens with zero attached hydrogens (tertiary/aromatic N) is 4. The molecule has 0 N–H and O–H groups in total. The predicted molar refractivity (Wildman–Crippen MR) is 214 cm³/mol. The molecule has 254 valence electrons. The molecule has 0 spiro atoms. The Kier molecular flexibility index (Phi) is 6.72. The van der Waals surface area contributed by atoms with E-state index < -0.39 is 12.3 Å². The van der Waals surface area contributed by atoms with E-state index in [0.29, 0.717) is 5.82 Å². The van der Waals surface area contributed by atoms with Gasteiger partial charge >= 0.3 is 0 Å². The lowest BCUT2D eigenvalue weighted by Gasteiger charge is -2.37. The Balaban J connectivity index is 1.33. The molecular weight excluding hydrogens is 637 g/mol. The average Bonchev–Trinajstić information content (AvgIpc) is 3.76. The van der Waals surface area contributed by atoms with E-state index in [2.05, 4.69) is 153 Å². The number of hydrogen-bond donors (Lipinski definition) is 0. The summed E-state index contributed by atoms with van der Waals surface area (Å²) in [5, 5.41) is 6.01. The van der Waals surface area contributed by atoms with E-state index in [-0.39, 0.29) is 11.1 Å². The highest BCUT2D eigenvalue weighted by atomic mass is 16.8. The largest absolute Gasteiger partial charge is 0.294 e. The van der Waals surface area contributed by atoms with Crippen molar-refractivity contribution < 1.29 is 9.05 Å². The van der Waals surface area contributed by atoms with Gasteiger partial charge in [-0.3, -0.25) is 4.57 Å². The lowest BCUT2D eigenvalue weighted by Crippen LogP contribution is -2.41. The molecule has 0 saturated heterocycles. The Hall–Kier alpha value is -6.17. The van der Waals surface area contributed by atoms with Gasteiger partial charge in [0.05, 0.1) is 39.0 Å². The van der Waals surface area contributed by atoms with Crippen LogP contribution in [0.2, 0.25) is 0 Å². The first-order chi connectivity index (χ1) is 26.5. The summed E-state index contributed by atoms with van der Waals surface area (Å²) in [7, 11) is 0. The number of rotatable bonds is 6. The van der Waals surface area contributed by atoms with Gasteiger partial charge in [0.15, 0.2) is 0 Å². The topological polar surface area (TPSA) is 33.5 Å². The van der Waals surface area contributed by atoms with Crippen molar-refractivity contribution in [3.05, 3.63) is 198 Å². The molecule has 0 aliphatic carbocycles. The second kappa shape index (κ2) is 12.3. The maximum Gasteiger partial charge on any atom is 0.137 e. The van der Waals surface area contributed by atoms with Crippen LogP contribution in [0.5, 0.6) is 0 Å². The second-order valence-corrected chi connectivity index (χ2v) is 14.3. The molecule has 5 heteroatoms. The molecule has 0 atom stereocenters. The van der Waals surface area contributed by atoms with Crippen LogP contribution >= 0.6 is 0 Å². The summed E-state index contributed by atoms with van der Waals surface area (Å²) in [6.45, 7) is 4.16. The van der Waals surface area contributed by atoms with E-state index in [0.717, 1.165) is 61.1 Å². The van der Waals surface area contributed by atoms with E-state index in [4.69, 9.17) is 14.0 Å². The lowest BCUT2D eigenvalue weighted by atomic mass is 9.65. The third kappa shape index (κ3) is 5.00. The first-order valence-corrected chi connectivity index (χ1v) is 17.6. The fraction of sp³-hybridized carbons (Fsp3) is 0.128. The number of hydrogen-bond acceptors (Lipinski definition) is 4. The number of pyridine rings is 1. The number of anilines is 3. The second-order valence-electron chi connectivity index (χ2n) is 14.3. The number of aromatic nitrogens is 2. The van der Waals surface area contributed by atoms with E-state index >= 15 is 0 Å². The Bertz CT molecular complexity index is 2640. The highest BCUT2D eigenvalue weighted by molar-refractivity contribution is 6.09. The molecule has 6 aromatic carbocycles. The molecule has 1 aliphatic rings. The van der Waals surface area contributed by atoms with Gasteiger partial charge in [-0.15, -0.1) is 4.94 Å². The van der Waals surface area contributed by atoms with E-state index in [1.54, 1.807) is 18.3 Å². The zero-order chi connectivity index (χ0) is 38.0. The van der Waals surface area contributed by atoms with Crippen molar-refractivity contribution in [3.8, 4) is 5.82 Å². The van der Waals surface area contributed by atoms with E-state index in [9.17, 15) is 0 Å². The van der Waals surface area contributed by atoms with Crippen molar-refractivity contribution >= 4 is 38.9 Å². The molecule has 0 unspecified atom stereocenters. The lowest BCUT2D eigenvalue weighted by molar-refractivity contribution is 0.0842. The minimum atomic E-state index is -2.27. The fourth-order valence-electron chi connectivity index (χ4n) is 7.88. The molecule has 1 aliphatic heterocycles. The fourth-order valence-corrected chi connectivity index (χ4v) is 7.88. The third-order valence-corrected chi connectivity index (χ3v) is 10.1. The van der Waals surface area contributed by atoms with Crippen LogP contribution in [0.25, 0.3) is 27.6 Å². The molecular formula is C47H40N4O. The van der Waals surface area contributed by atoms with Gasteiger partial charge in [-0.1, -0.05) is 115 Å². The van der Waals surface area contributed by atoms with Gasteiger partial charge in [-0.25, -0.2) is 10.0 Å². The van der Waals surface area contributed by atoms with E-state index in [1.165, 1.54) is 0 Å². The standard InChI is InChI=1S/C47H40N4O/c1-33-28-29-48-45(30-33)49-41-23-12-11-22-39(41)40-27-26-37(32-44(40)49)47(34-16-7-5-8-17-34,35-18-9-6-10-19-35)36-20-15-21-38(31-36)50-42-24-13-14-25-43(42)51(52-50)46(2,3)4/h5-32H,1-4H3/i1D3. The maximum absolute atomic E-state index is 8.16. The van der Waals surface area contributed by atoms with Crippen molar-refractivity contribution in [1.82, 2.24) is 9.55 Å². The van der Waals surface area contributed by atoms with Crippen molar-refractivity contribution in [2.24, 2.45) is 0 Å². The maximum atomic E-state index is 8.16. The van der Waals surface area contributed by atoms with Crippen molar-refractivity contribution in [1.29, 1.82) is 0 Å². The van der Waals surface area contributed by atoms with Crippen LogP contribution in [-0.2, 0) is 10.4 Å². The molecule has 52 heavy (non-hydrogen) atoms. The number of benzene rings is 6. The predicted octanol–water partition coefficient (Wildman–Crippen LogP) is 11.5. The summed E-state index contributed by atoms with van der Waals surface area (Å²) >= 11 is 0. The molecule has 8 aromatic rings. The first kappa shape index (κ1) is 28.5. The summed E-state index contributed by atoms with van der Waals surface area (Å²) in [6.07, 6.45) is 1.59. The van der Waals surface area contributed by atoms with Crippen LogP contribution in [0.3, 0.4) is 0 Å². The number of fused-ring (bicyclic) bond motifs is 4. The Morgan fingerprint density at radius 2 is 1.19 bits per heavy atom. The summed E-state index contributed by atoms with van der Waals surface area (Å²) in [5.74, 6) is 0.553. The van der Waals surface area contributed by atoms with Crippen molar-refractivity contribution in [2.45, 2.75) is 38.6 Å². The SMILES string of the molecule is [2H]C([2H])([2H])c1ccnc(-n2c3ccccc3c3ccc(C(c4ccccc4)(c4ccccc4)c4cccc(N5ON(C(C)(C)C)c6ccccc65)c4)cc32)c1. The van der Waals surface area contributed by atoms with Crippen LogP contribution in [0.4, 0.5) is 17.1 Å². The summed E-state index contributed by atoms with van der Waals surface area (Å²) < 4.78 is 26.6. The van der Waals surface area contributed by atoms with E-state index in [1.807, 2.05) is 34.4 Å². The highest BCUT2D eigenvalue weighted by Crippen LogP contribution is 2.49. The molecule has 0 saturated carbocycles. The molecule has 2 aromatic heterocycles. The molecule has 9 rings (SSSR count). The summed E-state index contributed by atoms with van der Waals surface area (Å²) in [4.78, 5) is 11.4. The number of hydroxylamine groups is 1. The Morgan fingerprint density at radius 3 is 1.92 bits per heavy atom. The minimum absolute atomic E-state index is 0.245. The molecule has 0 amide bonds. The quantitative estimate of drug-likeness (QED) is 0.164. The van der Waals surface area contributed by atoms with Gasteiger partial charge in [0, 0.05) is 21.1 Å². The summed E-state index contributed by atoms with van der Waals surface area (Å²) in [5.41, 5.74) is 8.23. The normalized spacial score (nSPS) is 14.3. The Morgan fingerprint density at radius 1 is 0.558 bits per heavy atom. The van der Waals surface area contributed by atoms with Crippen LogP contribution < -0.4 is 10.1 Å². The van der Waals surface area contributed by atoms with Crippen LogP contribution in [0, 0.1) is 6.85 Å². The molecule has 5 nitrogen and oxygen atoms in total. The molecule has 0 radical (unpaired) electrons. The monoisotopic (exact) mass is 679 g/mol. The zero-order valence-corrected chi connectivity index (χ0v) is 29.4. The first-order valence-electron chi connectivity index (χ1n) is 19.1. The van der Waals surface area contributed by atoms with Gasteiger partial charge in [0.25, 0.3) is 0 Å². The number of para-hydroxylation sites is 3. The zero-order valence-electron chi connectivity index (χ0n) is 32.4. The van der Waals surface area contributed by atoms with Crippen LogP contribution in [0.15, 0.2) is 170 Å². The minimum Gasteiger partial charge on any atom is -0.294 e. The van der Waals surface area contributed by atoms with Gasteiger partial charge in [0.1, 0.15) is 5.82 Å². The van der Waals surface area contributed by atoms with Crippen molar-refractivity contribution in [3.63, 3.8) is 0 Å².